The summed E-state index contributed by atoms with van der Waals surface area (Å²) in [4.78, 5) is 0. The Labute approximate surface area is 169 Å². The third-order valence-corrected chi connectivity index (χ3v) is 3.95. The molecule has 2 N–H and O–H groups in total. The van der Waals surface area contributed by atoms with E-state index in [4.69, 9.17) is 4.74 Å². The normalized spacial score (nSPS) is 9.88. The smallest absolute Gasteiger partial charge is 0.129 e. The third-order valence-electron chi connectivity index (χ3n) is 3.46. The lowest BCUT2D eigenvalue weighted by Crippen LogP contribution is -2.19. The summed E-state index contributed by atoms with van der Waals surface area (Å²) in [5, 5.41) is 6.52. The second kappa shape index (κ2) is 13.4. The van der Waals surface area contributed by atoms with Crippen LogP contribution in [0.1, 0.15) is 17.5 Å². The van der Waals surface area contributed by atoms with Gasteiger partial charge in [-0.3, -0.25) is 0 Å². The van der Waals surface area contributed by atoms with Gasteiger partial charge in [-0.1, -0.05) is 34.1 Å². The Bertz CT molecular complexity index is 632. The fraction of sp³-hybridized carbons (Fsp3) is 0.333. The highest BCUT2D eigenvalue weighted by Gasteiger charge is 2.07. The van der Waals surface area contributed by atoms with Crippen molar-refractivity contribution < 1.29 is 9.13 Å². The monoisotopic (exact) mass is 452 g/mol. The molecule has 0 unspecified atom stereocenters. The first kappa shape index (κ1) is 24.1. The molecule has 2 aromatic rings. The van der Waals surface area contributed by atoms with Crippen molar-refractivity contribution in [2.24, 2.45) is 0 Å². The van der Waals surface area contributed by atoms with Crippen LogP contribution in [0.5, 0.6) is 5.75 Å². The second-order valence-electron chi connectivity index (χ2n) is 5.27. The van der Waals surface area contributed by atoms with Crippen molar-refractivity contribution in [1.82, 2.24) is 10.6 Å². The van der Waals surface area contributed by atoms with Gasteiger partial charge >= 0.3 is 0 Å². The average molecular weight is 454 g/mol. The average Bonchev–Trinajstić information content (AvgIpc) is 2.55. The Hall–Kier alpha value is -0.850. The fourth-order valence-electron chi connectivity index (χ4n) is 2.21. The van der Waals surface area contributed by atoms with Gasteiger partial charge in [0.1, 0.15) is 18.2 Å². The van der Waals surface area contributed by atoms with Crippen molar-refractivity contribution in [3.05, 3.63) is 63.9 Å². The van der Waals surface area contributed by atoms with Gasteiger partial charge in [-0.25, -0.2) is 4.39 Å². The maximum Gasteiger partial charge on any atom is 0.129 e. The van der Waals surface area contributed by atoms with Crippen LogP contribution in [-0.4, -0.2) is 20.1 Å². The lowest BCUT2D eigenvalue weighted by molar-refractivity contribution is 0.296. The van der Waals surface area contributed by atoms with Crippen molar-refractivity contribution in [2.45, 2.75) is 19.6 Å². The highest BCUT2D eigenvalue weighted by atomic mass is 79.9. The molecule has 0 amide bonds. The molecule has 0 aromatic heterocycles. The summed E-state index contributed by atoms with van der Waals surface area (Å²) in [7, 11) is 1.95. The zero-order valence-electron chi connectivity index (χ0n) is 14.1. The molecule has 0 radical (unpaired) electrons. The van der Waals surface area contributed by atoms with E-state index in [-0.39, 0.29) is 37.2 Å². The number of halogens is 4. The van der Waals surface area contributed by atoms with Gasteiger partial charge in [-0.2, -0.15) is 0 Å². The SMILES string of the molecule is CNCCCNCc1cc(Br)ccc1OCc1ccccc1F.Cl.Cl. The summed E-state index contributed by atoms with van der Waals surface area (Å²) >= 11 is 3.48. The van der Waals surface area contributed by atoms with Crippen LogP contribution in [0.4, 0.5) is 4.39 Å². The minimum absolute atomic E-state index is 0. The summed E-state index contributed by atoms with van der Waals surface area (Å²) in [5.74, 6) is 0.536. The Morgan fingerprint density at radius 2 is 1.80 bits per heavy atom. The number of ether oxygens (including phenoxy) is 1. The molecule has 140 valence electrons. The van der Waals surface area contributed by atoms with Gasteiger partial charge in [0.05, 0.1) is 0 Å². The highest BCUT2D eigenvalue weighted by molar-refractivity contribution is 9.10. The Balaban J connectivity index is 0.00000288. The van der Waals surface area contributed by atoms with E-state index in [0.29, 0.717) is 5.56 Å². The molecule has 3 nitrogen and oxygen atoms in total. The van der Waals surface area contributed by atoms with E-state index in [1.807, 2.05) is 31.3 Å². The molecule has 0 aliphatic carbocycles. The first-order chi connectivity index (χ1) is 11.2. The van der Waals surface area contributed by atoms with Gasteiger partial charge in [0.15, 0.2) is 0 Å². The predicted octanol–water partition coefficient (Wildman–Crippen LogP) is 4.71. The summed E-state index contributed by atoms with van der Waals surface area (Å²) < 4.78 is 20.5. The van der Waals surface area contributed by atoms with Crippen molar-refractivity contribution in [2.75, 3.05) is 20.1 Å². The van der Waals surface area contributed by atoms with E-state index in [9.17, 15) is 4.39 Å². The first-order valence-corrected chi connectivity index (χ1v) is 8.50. The maximum absolute atomic E-state index is 13.7. The van der Waals surface area contributed by atoms with Gasteiger partial charge in [0.2, 0.25) is 0 Å². The minimum atomic E-state index is -0.239. The molecule has 0 aliphatic rings. The second-order valence-corrected chi connectivity index (χ2v) is 6.18. The molecular weight excluding hydrogens is 430 g/mol. The number of hydrogen-bond acceptors (Lipinski definition) is 3. The fourth-order valence-corrected chi connectivity index (χ4v) is 2.62. The van der Waals surface area contributed by atoms with Crippen molar-refractivity contribution in [3.63, 3.8) is 0 Å². The van der Waals surface area contributed by atoms with E-state index >= 15 is 0 Å². The van der Waals surface area contributed by atoms with Crippen LogP contribution in [0.25, 0.3) is 0 Å². The molecule has 0 saturated carbocycles. The quantitative estimate of drug-likeness (QED) is 0.539. The van der Waals surface area contributed by atoms with E-state index in [1.165, 1.54) is 6.07 Å². The van der Waals surface area contributed by atoms with Crippen LogP contribution in [0.15, 0.2) is 46.9 Å². The zero-order chi connectivity index (χ0) is 16.5. The van der Waals surface area contributed by atoms with Gasteiger partial charge in [0, 0.05) is 22.1 Å². The Kier molecular flexibility index (Phi) is 12.9. The van der Waals surface area contributed by atoms with Crippen LogP contribution >= 0.6 is 40.7 Å². The largest absolute Gasteiger partial charge is 0.488 e. The standard InChI is InChI=1S/C18H22BrFN2O.2ClH/c1-21-9-4-10-22-12-15-11-16(19)7-8-18(15)23-13-14-5-2-3-6-17(14)20;;/h2-3,5-8,11,21-22H,4,9-10,12-13H2,1H3;2*1H. The first-order valence-electron chi connectivity index (χ1n) is 7.70. The zero-order valence-corrected chi connectivity index (χ0v) is 17.3. The van der Waals surface area contributed by atoms with Crippen LogP contribution in [0, 0.1) is 5.82 Å². The molecule has 0 aliphatic heterocycles. The predicted molar refractivity (Wildman–Crippen MR) is 110 cm³/mol. The lowest BCUT2D eigenvalue weighted by atomic mass is 10.2. The highest BCUT2D eigenvalue weighted by Crippen LogP contribution is 2.24. The van der Waals surface area contributed by atoms with Gasteiger partial charge in [-0.15, -0.1) is 24.8 Å². The Morgan fingerprint density at radius 3 is 2.52 bits per heavy atom. The number of benzene rings is 2. The van der Waals surface area contributed by atoms with Crippen LogP contribution in [-0.2, 0) is 13.2 Å². The van der Waals surface area contributed by atoms with E-state index in [2.05, 4.69) is 26.6 Å². The van der Waals surface area contributed by atoms with Crippen LogP contribution in [0.3, 0.4) is 0 Å². The molecule has 2 rings (SSSR count). The molecule has 0 bridgehead atoms. The molecule has 2 aromatic carbocycles. The molecule has 0 fully saturated rings. The van der Waals surface area contributed by atoms with Crippen molar-refractivity contribution >= 4 is 40.7 Å². The molecule has 0 spiro atoms. The number of nitrogens with one attached hydrogen (secondary N) is 2. The summed E-state index contributed by atoms with van der Waals surface area (Å²) in [6.45, 7) is 2.86. The molecule has 7 heteroatoms. The van der Waals surface area contributed by atoms with E-state index in [0.717, 1.165) is 41.8 Å². The summed E-state index contributed by atoms with van der Waals surface area (Å²) in [6.07, 6.45) is 1.07. The van der Waals surface area contributed by atoms with Crippen molar-refractivity contribution in [3.8, 4) is 5.75 Å². The van der Waals surface area contributed by atoms with Crippen LogP contribution in [0.2, 0.25) is 0 Å². The minimum Gasteiger partial charge on any atom is -0.488 e. The van der Waals surface area contributed by atoms with E-state index in [1.54, 1.807) is 12.1 Å². The van der Waals surface area contributed by atoms with Gasteiger partial charge in [0.25, 0.3) is 0 Å². The van der Waals surface area contributed by atoms with Crippen LogP contribution < -0.4 is 15.4 Å². The Morgan fingerprint density at radius 1 is 1.04 bits per heavy atom. The van der Waals surface area contributed by atoms with Gasteiger partial charge < -0.3 is 15.4 Å². The lowest BCUT2D eigenvalue weighted by Gasteiger charge is -2.13. The number of rotatable bonds is 9. The molecule has 0 saturated heterocycles. The van der Waals surface area contributed by atoms with Gasteiger partial charge in [-0.05, 0) is 50.8 Å². The third kappa shape index (κ3) is 8.38. The molecule has 25 heavy (non-hydrogen) atoms. The maximum atomic E-state index is 13.7. The van der Waals surface area contributed by atoms with E-state index < -0.39 is 0 Å². The number of hydrogen-bond donors (Lipinski definition) is 2. The summed E-state index contributed by atoms with van der Waals surface area (Å²) in [5.41, 5.74) is 1.61. The molecular formula is C18H24BrCl2FN2O. The topological polar surface area (TPSA) is 33.3 Å². The molecule has 0 heterocycles. The van der Waals surface area contributed by atoms with Crippen molar-refractivity contribution in [1.29, 1.82) is 0 Å². The summed E-state index contributed by atoms with van der Waals surface area (Å²) in [6, 6.07) is 12.6. The molecule has 0 atom stereocenters.